The molecule has 9 heavy (non-hydrogen) atoms. The van der Waals surface area contributed by atoms with E-state index in [-0.39, 0.29) is 5.48 Å². The van der Waals surface area contributed by atoms with Gasteiger partial charge in [0.15, 0.2) is 19.4 Å². The highest BCUT2D eigenvalue weighted by atomic mass is 16.7. The Morgan fingerprint density at radius 3 is 2.00 bits per heavy atom. The third-order valence-corrected chi connectivity index (χ3v) is 0.929. The summed E-state index contributed by atoms with van der Waals surface area (Å²) >= 11 is 0. The molecule has 0 aromatic heterocycles. The molecule has 0 aromatic carbocycles. The van der Waals surface area contributed by atoms with Crippen LogP contribution in [-0.2, 0) is 4.84 Å². The summed E-state index contributed by atoms with van der Waals surface area (Å²) in [6, 6.07) is 0. The van der Waals surface area contributed by atoms with E-state index in [1.54, 1.807) is 0 Å². The Morgan fingerprint density at radius 1 is 1.44 bits per heavy atom. The standard InChI is InChI=1S/C6H13NO.HO/c1-4-7(5-2)8-6-3;/h6H,3-5H2,1-2H3;1H/q+1;. The van der Waals surface area contributed by atoms with Gasteiger partial charge < -0.3 is 0 Å². The first-order valence-corrected chi connectivity index (χ1v) is 2.87. The van der Waals surface area contributed by atoms with Crippen molar-refractivity contribution in [3.8, 4) is 0 Å². The smallest absolute Gasteiger partial charge is 0.168 e. The van der Waals surface area contributed by atoms with Crippen molar-refractivity contribution in [1.82, 2.24) is 5.06 Å². The third-order valence-electron chi connectivity index (χ3n) is 0.929. The van der Waals surface area contributed by atoms with Crippen LogP contribution < -0.4 is 5.06 Å². The number of rotatable bonds is 4. The van der Waals surface area contributed by atoms with Crippen LogP contribution in [0.4, 0.5) is 0 Å². The Hall–Kier alpha value is -0.540. The van der Waals surface area contributed by atoms with E-state index >= 15 is 0 Å². The Kier molecular flexibility index (Phi) is 9.35. The summed E-state index contributed by atoms with van der Waals surface area (Å²) in [7, 11) is 0. The van der Waals surface area contributed by atoms with Gasteiger partial charge in [-0.05, 0) is 13.8 Å². The molecule has 3 nitrogen and oxygen atoms in total. The van der Waals surface area contributed by atoms with E-state index in [0.29, 0.717) is 0 Å². The van der Waals surface area contributed by atoms with Crippen molar-refractivity contribution in [2.45, 2.75) is 13.8 Å². The average Bonchev–Trinajstić information content (AvgIpc) is 1.83. The largest absolute Gasteiger partial charge is 0.269 e. The lowest BCUT2D eigenvalue weighted by atomic mass is 10.6. The molecule has 0 spiro atoms. The molecule has 0 saturated carbocycles. The van der Waals surface area contributed by atoms with Gasteiger partial charge in [-0.3, -0.25) is 10.3 Å². The van der Waals surface area contributed by atoms with E-state index in [4.69, 9.17) is 4.84 Å². The molecule has 0 aliphatic heterocycles. The quantitative estimate of drug-likeness (QED) is 0.347. The maximum atomic E-state index is 4.94. The van der Waals surface area contributed by atoms with E-state index in [1.165, 1.54) is 6.26 Å². The fourth-order valence-electron chi connectivity index (χ4n) is 0.478. The number of hydroxylamine groups is 2. The van der Waals surface area contributed by atoms with Crippen molar-refractivity contribution < 1.29 is 10.3 Å². The summed E-state index contributed by atoms with van der Waals surface area (Å²) in [5.41, 5.74) is 0. The third kappa shape index (κ3) is 5.33. The highest BCUT2D eigenvalue weighted by Gasteiger charge is 2.06. The monoisotopic (exact) mass is 132 g/mol. The number of nitrogens with zero attached hydrogens (tertiary/aromatic N) is 1. The van der Waals surface area contributed by atoms with Crippen molar-refractivity contribution in [2.24, 2.45) is 0 Å². The van der Waals surface area contributed by atoms with Crippen LogP contribution in [0.1, 0.15) is 13.8 Å². The van der Waals surface area contributed by atoms with Crippen LogP contribution in [0.15, 0.2) is 12.8 Å². The summed E-state index contributed by atoms with van der Waals surface area (Å²) in [4.78, 5) is 4.94. The van der Waals surface area contributed by atoms with Crippen LogP contribution in [-0.4, -0.2) is 18.6 Å². The van der Waals surface area contributed by atoms with Gasteiger partial charge in [0, 0.05) is 5.06 Å². The molecule has 3 heteroatoms. The summed E-state index contributed by atoms with van der Waals surface area (Å²) < 4.78 is 0. The van der Waals surface area contributed by atoms with Gasteiger partial charge in [0.1, 0.15) is 0 Å². The minimum Gasteiger partial charge on any atom is -0.269 e. The van der Waals surface area contributed by atoms with Crippen molar-refractivity contribution in [3.63, 3.8) is 0 Å². The topological polar surface area (TPSA) is 45.1 Å². The fourth-order valence-corrected chi connectivity index (χ4v) is 0.478. The maximum Gasteiger partial charge on any atom is 0.168 e. The molecule has 0 amide bonds. The van der Waals surface area contributed by atoms with Crippen LogP contribution in [0, 0.1) is 0 Å². The van der Waals surface area contributed by atoms with Crippen molar-refractivity contribution in [3.05, 3.63) is 12.8 Å². The Labute approximate surface area is 56.2 Å². The van der Waals surface area contributed by atoms with Gasteiger partial charge >= 0.3 is 0 Å². The minimum atomic E-state index is 0. The average molecular weight is 132 g/mol. The zero-order valence-corrected chi connectivity index (χ0v) is 6.00. The number of hydrogen-bond acceptors (Lipinski definition) is 2. The van der Waals surface area contributed by atoms with Gasteiger partial charge in [0.25, 0.3) is 0 Å². The highest BCUT2D eigenvalue weighted by Crippen LogP contribution is 1.81. The van der Waals surface area contributed by atoms with Gasteiger partial charge in [-0.1, -0.05) is 6.58 Å². The normalized spacial score (nSPS) is 8.33. The predicted octanol–water partition coefficient (Wildman–Crippen LogP) is 1.06. The molecule has 54 valence electrons. The van der Waals surface area contributed by atoms with E-state index in [1.807, 2.05) is 18.9 Å². The van der Waals surface area contributed by atoms with Crippen molar-refractivity contribution in [2.75, 3.05) is 13.1 Å². The second-order valence-electron chi connectivity index (χ2n) is 1.39. The summed E-state index contributed by atoms with van der Waals surface area (Å²) in [5.74, 6) is 0. The lowest BCUT2D eigenvalue weighted by Crippen LogP contribution is -2.27. The molecule has 0 rings (SSSR count). The van der Waals surface area contributed by atoms with Gasteiger partial charge in [-0.15, -0.1) is 0 Å². The Bertz CT molecular complexity index is 62.1. The predicted molar refractivity (Wildman–Crippen MR) is 36.4 cm³/mol. The molecular formula is C6H14NO2+. The first-order valence-electron chi connectivity index (χ1n) is 2.87. The highest BCUT2D eigenvalue weighted by molar-refractivity contribution is 4.50. The lowest BCUT2D eigenvalue weighted by Gasteiger charge is -2.00. The molecule has 2 radical (unpaired) electrons. The molecular weight excluding hydrogens is 118 g/mol. The molecule has 0 unspecified atom stereocenters. The Morgan fingerprint density at radius 2 is 1.89 bits per heavy atom. The fraction of sp³-hybridized carbons (Fsp3) is 0.667. The van der Waals surface area contributed by atoms with Crippen LogP contribution >= 0.6 is 0 Å². The number of hydrogen-bond donors (Lipinski definition) is 1. The Balaban J connectivity index is 0. The lowest BCUT2D eigenvalue weighted by molar-refractivity contribution is 0.00573. The van der Waals surface area contributed by atoms with Crippen molar-refractivity contribution >= 4 is 0 Å². The van der Waals surface area contributed by atoms with E-state index in [2.05, 4.69) is 6.58 Å². The van der Waals surface area contributed by atoms with Crippen LogP contribution in [0.25, 0.3) is 0 Å². The zero-order valence-electron chi connectivity index (χ0n) is 6.00. The molecule has 0 saturated heterocycles. The van der Waals surface area contributed by atoms with Crippen LogP contribution in [0.5, 0.6) is 0 Å². The molecule has 0 heterocycles. The molecule has 0 bridgehead atoms. The molecule has 0 aliphatic carbocycles. The minimum absolute atomic E-state index is 0. The first kappa shape index (κ1) is 11.3. The van der Waals surface area contributed by atoms with Gasteiger partial charge in [0.05, 0.1) is 0 Å². The summed E-state index contributed by atoms with van der Waals surface area (Å²) in [5, 5.41) is 1.81. The first-order chi connectivity index (χ1) is 3.85. The van der Waals surface area contributed by atoms with Crippen molar-refractivity contribution in [1.29, 1.82) is 0 Å². The van der Waals surface area contributed by atoms with Crippen LogP contribution in [0.3, 0.4) is 0 Å². The van der Waals surface area contributed by atoms with E-state index in [9.17, 15) is 0 Å². The summed E-state index contributed by atoms with van der Waals surface area (Å²) in [6.45, 7) is 9.31. The SMILES string of the molecule is C=CO[N+](CC)CC.[OH]. The van der Waals surface area contributed by atoms with Gasteiger partial charge in [-0.25, -0.2) is 0 Å². The van der Waals surface area contributed by atoms with Gasteiger partial charge in [0.2, 0.25) is 0 Å². The summed E-state index contributed by atoms with van der Waals surface area (Å²) in [6.07, 6.45) is 1.44. The second-order valence-corrected chi connectivity index (χ2v) is 1.39. The molecule has 0 aliphatic rings. The van der Waals surface area contributed by atoms with Gasteiger partial charge in [-0.2, -0.15) is 0 Å². The van der Waals surface area contributed by atoms with E-state index < -0.39 is 0 Å². The molecule has 0 atom stereocenters. The molecule has 0 fully saturated rings. The second kappa shape index (κ2) is 7.46. The van der Waals surface area contributed by atoms with E-state index in [0.717, 1.165) is 13.1 Å². The zero-order chi connectivity index (χ0) is 6.41. The molecule has 0 aromatic rings. The maximum absolute atomic E-state index is 4.94. The molecule has 1 N–H and O–H groups in total. The van der Waals surface area contributed by atoms with Crippen LogP contribution in [0.2, 0.25) is 0 Å².